The highest BCUT2D eigenvalue weighted by atomic mass is 32.1. The second kappa shape index (κ2) is 1.78. The molecule has 1 spiro atoms. The van der Waals surface area contributed by atoms with E-state index in [4.69, 9.17) is 12.2 Å². The first kappa shape index (κ1) is 6.28. The number of hydrogen-bond donors (Lipinski definition) is 0. The second-order valence-corrected chi connectivity index (χ2v) is 3.43. The van der Waals surface area contributed by atoms with Crippen LogP contribution < -0.4 is 0 Å². The van der Waals surface area contributed by atoms with Crippen molar-refractivity contribution in [2.24, 2.45) is 4.99 Å². The summed E-state index contributed by atoms with van der Waals surface area (Å²) in [6.07, 6.45) is 5.45. The Labute approximate surface area is 65.9 Å². The molecule has 10 heavy (non-hydrogen) atoms. The zero-order chi connectivity index (χ0) is 7.19. The summed E-state index contributed by atoms with van der Waals surface area (Å²) in [6.45, 7) is 0. The third-order valence-corrected chi connectivity index (χ3v) is 3.05. The molecule has 1 aliphatic heterocycles. The van der Waals surface area contributed by atoms with E-state index in [1.54, 1.807) is 0 Å². The van der Waals surface area contributed by atoms with Crippen LogP contribution in [0.15, 0.2) is 4.99 Å². The molecule has 2 rings (SSSR count). The Kier molecular flexibility index (Phi) is 1.12. The number of hydrogen-bond acceptors (Lipinski definition) is 2. The van der Waals surface area contributed by atoms with Crippen molar-refractivity contribution in [1.82, 2.24) is 4.90 Å². The largest absolute Gasteiger partial charge is 0.328 e. The molecule has 3 heteroatoms. The summed E-state index contributed by atoms with van der Waals surface area (Å²) in [5, 5.41) is 0. The highest BCUT2D eigenvalue weighted by molar-refractivity contribution is 7.80. The molecule has 0 radical (unpaired) electrons. The summed E-state index contributed by atoms with van der Waals surface area (Å²) in [7, 11) is 1.97. The number of rotatable bonds is 0. The maximum Gasteiger partial charge on any atom is 0.113 e. The maximum atomic E-state index is 5.23. The molecule has 0 aromatic carbocycles. The van der Waals surface area contributed by atoms with E-state index in [1.165, 1.54) is 6.42 Å². The molecule has 0 saturated heterocycles. The molecule has 2 nitrogen and oxygen atoms in total. The van der Waals surface area contributed by atoms with Crippen LogP contribution in [-0.4, -0.2) is 28.8 Å². The summed E-state index contributed by atoms with van der Waals surface area (Å²) < 4.78 is 0. The van der Waals surface area contributed by atoms with Crippen molar-refractivity contribution in [3.8, 4) is 0 Å². The third kappa shape index (κ3) is 0.586. The van der Waals surface area contributed by atoms with E-state index >= 15 is 0 Å². The molecule has 54 valence electrons. The van der Waals surface area contributed by atoms with Crippen LogP contribution in [0.2, 0.25) is 0 Å². The number of aliphatic imine (C=N–C) groups is 1. The van der Waals surface area contributed by atoms with Gasteiger partial charge in [-0.05, 0) is 19.3 Å². The Balaban J connectivity index is 2.26. The van der Waals surface area contributed by atoms with Crippen LogP contribution in [0.1, 0.15) is 19.3 Å². The number of likely N-dealkylation sites (N-methyl/N-ethyl adjacent to an activating group) is 1. The van der Waals surface area contributed by atoms with E-state index in [1.807, 2.05) is 18.3 Å². The van der Waals surface area contributed by atoms with Gasteiger partial charge in [-0.2, -0.15) is 0 Å². The molecule has 0 atom stereocenters. The molecule has 2 aliphatic rings. The predicted molar refractivity (Wildman–Crippen MR) is 45.4 cm³/mol. The molecule has 1 aliphatic carbocycles. The van der Waals surface area contributed by atoms with Crippen molar-refractivity contribution in [1.29, 1.82) is 0 Å². The summed E-state index contributed by atoms with van der Waals surface area (Å²) >= 11 is 5.23. The summed E-state index contributed by atoms with van der Waals surface area (Å²) in [6, 6.07) is 0. The van der Waals surface area contributed by atoms with Crippen molar-refractivity contribution >= 4 is 23.5 Å². The summed E-state index contributed by atoms with van der Waals surface area (Å²) in [5.74, 6) is 0. The zero-order valence-corrected chi connectivity index (χ0v) is 6.82. The van der Waals surface area contributed by atoms with Crippen LogP contribution in [-0.2, 0) is 0 Å². The molecule has 1 fully saturated rings. The second-order valence-electron chi connectivity index (χ2n) is 3.05. The van der Waals surface area contributed by atoms with Gasteiger partial charge in [-0.25, -0.2) is 0 Å². The molecule has 0 unspecified atom stereocenters. The van der Waals surface area contributed by atoms with E-state index in [9.17, 15) is 0 Å². The van der Waals surface area contributed by atoms with Gasteiger partial charge in [-0.1, -0.05) is 12.2 Å². The van der Waals surface area contributed by atoms with Gasteiger partial charge in [0.15, 0.2) is 0 Å². The predicted octanol–water partition coefficient (Wildman–Crippen LogP) is 1.21. The Bertz CT molecular complexity index is 206. The van der Waals surface area contributed by atoms with Crippen molar-refractivity contribution in [2.75, 3.05) is 7.05 Å². The minimum atomic E-state index is 0.0735. The van der Waals surface area contributed by atoms with Gasteiger partial charge in [0.05, 0.1) is 6.34 Å². The SMILES string of the molecule is CN1C=NC2(CCC2)C1=S. The maximum absolute atomic E-state index is 5.23. The van der Waals surface area contributed by atoms with Crippen LogP contribution in [0.4, 0.5) is 0 Å². The lowest BCUT2D eigenvalue weighted by Gasteiger charge is -2.35. The fraction of sp³-hybridized carbons (Fsp3) is 0.714. The molecule has 0 N–H and O–H groups in total. The van der Waals surface area contributed by atoms with E-state index in [2.05, 4.69) is 4.99 Å². The van der Waals surface area contributed by atoms with Crippen molar-refractivity contribution in [3.05, 3.63) is 0 Å². The molecule has 1 heterocycles. The average molecular weight is 154 g/mol. The fourth-order valence-corrected chi connectivity index (χ4v) is 1.79. The van der Waals surface area contributed by atoms with Crippen LogP contribution in [0.3, 0.4) is 0 Å². The first-order valence-electron chi connectivity index (χ1n) is 3.57. The average Bonchev–Trinajstić information content (AvgIpc) is 2.10. The van der Waals surface area contributed by atoms with Gasteiger partial charge in [0.1, 0.15) is 10.5 Å². The molecule has 0 aromatic heterocycles. The van der Waals surface area contributed by atoms with Gasteiger partial charge in [-0.15, -0.1) is 0 Å². The molecular weight excluding hydrogens is 144 g/mol. The highest BCUT2D eigenvalue weighted by Crippen LogP contribution is 2.39. The quantitative estimate of drug-likeness (QED) is 0.487. The lowest BCUT2D eigenvalue weighted by Crippen LogP contribution is -2.43. The van der Waals surface area contributed by atoms with E-state index in [0.29, 0.717) is 0 Å². The fourth-order valence-electron chi connectivity index (χ4n) is 1.49. The van der Waals surface area contributed by atoms with Crippen LogP contribution in [0, 0.1) is 0 Å². The van der Waals surface area contributed by atoms with Crippen LogP contribution in [0.5, 0.6) is 0 Å². The van der Waals surface area contributed by atoms with E-state index in [0.717, 1.165) is 17.8 Å². The van der Waals surface area contributed by atoms with Crippen LogP contribution >= 0.6 is 12.2 Å². The minimum Gasteiger partial charge on any atom is -0.328 e. The molecule has 0 bridgehead atoms. The Morgan fingerprint density at radius 3 is 2.60 bits per heavy atom. The number of nitrogens with zero attached hydrogens (tertiary/aromatic N) is 2. The van der Waals surface area contributed by atoms with Crippen molar-refractivity contribution < 1.29 is 0 Å². The standard InChI is InChI=1S/C7H10N2S/c1-9-5-8-7(6(9)10)3-2-4-7/h5H,2-4H2,1H3. The molecule has 0 aromatic rings. The lowest BCUT2D eigenvalue weighted by atomic mass is 9.77. The Hall–Kier alpha value is -0.440. The normalized spacial score (nSPS) is 27.7. The lowest BCUT2D eigenvalue weighted by molar-refractivity contribution is 0.348. The van der Waals surface area contributed by atoms with Gasteiger partial charge >= 0.3 is 0 Å². The van der Waals surface area contributed by atoms with E-state index in [-0.39, 0.29) is 5.54 Å². The van der Waals surface area contributed by atoms with Gasteiger partial charge in [0.25, 0.3) is 0 Å². The third-order valence-electron chi connectivity index (χ3n) is 2.38. The van der Waals surface area contributed by atoms with Crippen molar-refractivity contribution in [3.63, 3.8) is 0 Å². The van der Waals surface area contributed by atoms with Crippen molar-refractivity contribution in [2.45, 2.75) is 24.8 Å². The van der Waals surface area contributed by atoms with Gasteiger partial charge < -0.3 is 4.90 Å². The smallest absolute Gasteiger partial charge is 0.113 e. The number of thiocarbonyl (C=S) groups is 1. The summed E-state index contributed by atoms with van der Waals surface area (Å²) in [5.41, 5.74) is 0.0735. The zero-order valence-electron chi connectivity index (χ0n) is 6.00. The topological polar surface area (TPSA) is 15.6 Å². The highest BCUT2D eigenvalue weighted by Gasteiger charge is 2.44. The Morgan fingerprint density at radius 1 is 1.70 bits per heavy atom. The van der Waals surface area contributed by atoms with Gasteiger partial charge in [-0.3, -0.25) is 4.99 Å². The molecular formula is C7H10N2S. The first-order valence-corrected chi connectivity index (χ1v) is 3.98. The minimum absolute atomic E-state index is 0.0735. The summed E-state index contributed by atoms with van der Waals surface area (Å²) in [4.78, 5) is 7.36. The Morgan fingerprint density at radius 2 is 2.40 bits per heavy atom. The van der Waals surface area contributed by atoms with E-state index < -0.39 is 0 Å². The van der Waals surface area contributed by atoms with Gasteiger partial charge in [0, 0.05) is 7.05 Å². The monoisotopic (exact) mass is 154 g/mol. The molecule has 1 saturated carbocycles. The molecule has 0 amide bonds. The van der Waals surface area contributed by atoms with Gasteiger partial charge in [0.2, 0.25) is 0 Å². The first-order chi connectivity index (χ1) is 4.75. The van der Waals surface area contributed by atoms with Crippen LogP contribution in [0.25, 0.3) is 0 Å².